The molecule has 0 heterocycles. The molecule has 0 fully saturated rings. The lowest BCUT2D eigenvalue weighted by Gasteiger charge is -2.46. The fourth-order valence-corrected chi connectivity index (χ4v) is 3.13. The minimum Gasteiger partial charge on any atom is -0.390 e. The van der Waals surface area contributed by atoms with Crippen molar-refractivity contribution in [2.24, 2.45) is 17.3 Å². The van der Waals surface area contributed by atoms with Gasteiger partial charge in [0.15, 0.2) is 0 Å². The molecule has 0 bridgehead atoms. The van der Waals surface area contributed by atoms with Gasteiger partial charge in [-0.3, -0.25) is 0 Å². The lowest BCUT2D eigenvalue weighted by molar-refractivity contribution is 0.00972. The molecule has 3 atom stereocenters. The van der Waals surface area contributed by atoms with E-state index in [-0.39, 0.29) is 11.3 Å². The van der Waals surface area contributed by atoms with Crippen molar-refractivity contribution in [2.75, 3.05) is 0 Å². The highest BCUT2D eigenvalue weighted by atomic mass is 16.3. The monoisotopic (exact) mass is 220 g/mol. The van der Waals surface area contributed by atoms with Gasteiger partial charge in [0.25, 0.3) is 0 Å². The third kappa shape index (κ3) is 1.86. The maximum Gasteiger partial charge on any atom is 0.0654 e. The van der Waals surface area contributed by atoms with Crippen LogP contribution in [0.15, 0.2) is 23.8 Å². The van der Waals surface area contributed by atoms with Crippen LogP contribution < -0.4 is 0 Å². The van der Waals surface area contributed by atoms with Gasteiger partial charge in [-0.2, -0.15) is 0 Å². The quantitative estimate of drug-likeness (QED) is 0.714. The molecule has 2 rings (SSSR count). The Balaban J connectivity index is 2.33. The molecule has 0 aromatic rings. The topological polar surface area (TPSA) is 20.2 Å². The summed E-state index contributed by atoms with van der Waals surface area (Å²) in [4.78, 5) is 0. The van der Waals surface area contributed by atoms with Crippen molar-refractivity contribution in [2.45, 2.75) is 52.6 Å². The number of rotatable bonds is 1. The fourth-order valence-electron chi connectivity index (χ4n) is 3.13. The third-order valence-electron chi connectivity index (χ3n) is 4.77. The van der Waals surface area contributed by atoms with Gasteiger partial charge in [0.2, 0.25) is 0 Å². The SMILES string of the molecule is C[C@H]1CCC=C2C=C[C@H](C(C)(C)O)C[C@@]21C. The van der Waals surface area contributed by atoms with E-state index in [1.165, 1.54) is 18.4 Å². The van der Waals surface area contributed by atoms with Crippen LogP contribution in [0.3, 0.4) is 0 Å². The van der Waals surface area contributed by atoms with E-state index < -0.39 is 5.60 Å². The molecule has 0 saturated carbocycles. The molecule has 0 unspecified atom stereocenters. The summed E-state index contributed by atoms with van der Waals surface area (Å²) in [5.74, 6) is 1.01. The number of aliphatic hydroxyl groups is 1. The first-order valence-electron chi connectivity index (χ1n) is 6.45. The highest BCUT2D eigenvalue weighted by Gasteiger charge is 2.42. The summed E-state index contributed by atoms with van der Waals surface area (Å²) in [6.07, 6.45) is 10.4. The summed E-state index contributed by atoms with van der Waals surface area (Å²) in [6, 6.07) is 0. The molecule has 16 heavy (non-hydrogen) atoms. The second-order valence-electron chi connectivity index (χ2n) is 6.38. The molecule has 0 saturated heterocycles. The molecule has 0 amide bonds. The fraction of sp³-hybridized carbons (Fsp3) is 0.733. The number of hydrogen-bond acceptors (Lipinski definition) is 1. The maximum atomic E-state index is 10.2. The van der Waals surface area contributed by atoms with Gasteiger partial charge >= 0.3 is 0 Å². The molecule has 1 heteroatoms. The van der Waals surface area contributed by atoms with Crippen molar-refractivity contribution in [1.29, 1.82) is 0 Å². The molecule has 0 aromatic heterocycles. The lowest BCUT2D eigenvalue weighted by Crippen LogP contribution is -2.40. The molecule has 0 aliphatic heterocycles. The van der Waals surface area contributed by atoms with Crippen LogP contribution in [-0.2, 0) is 0 Å². The van der Waals surface area contributed by atoms with Gasteiger partial charge in [0.1, 0.15) is 0 Å². The summed E-state index contributed by atoms with van der Waals surface area (Å²) in [7, 11) is 0. The minimum absolute atomic E-state index is 0.275. The second kappa shape index (κ2) is 3.73. The molecule has 0 spiro atoms. The van der Waals surface area contributed by atoms with Crippen molar-refractivity contribution in [3.63, 3.8) is 0 Å². The summed E-state index contributed by atoms with van der Waals surface area (Å²) in [6.45, 7) is 8.57. The Morgan fingerprint density at radius 3 is 2.75 bits per heavy atom. The Bertz CT molecular complexity index is 332. The molecule has 90 valence electrons. The zero-order valence-electron chi connectivity index (χ0n) is 11.0. The highest BCUT2D eigenvalue weighted by molar-refractivity contribution is 5.33. The van der Waals surface area contributed by atoms with Crippen molar-refractivity contribution in [3.8, 4) is 0 Å². The van der Waals surface area contributed by atoms with Crippen molar-refractivity contribution in [3.05, 3.63) is 23.8 Å². The van der Waals surface area contributed by atoms with Gasteiger partial charge in [-0.05, 0) is 50.0 Å². The molecule has 0 radical (unpaired) electrons. The summed E-state index contributed by atoms with van der Waals surface area (Å²) in [5, 5.41) is 10.2. The Kier molecular flexibility index (Phi) is 2.78. The van der Waals surface area contributed by atoms with Crippen LogP contribution in [0.1, 0.15) is 47.0 Å². The highest BCUT2D eigenvalue weighted by Crippen LogP contribution is 2.51. The van der Waals surface area contributed by atoms with E-state index >= 15 is 0 Å². The smallest absolute Gasteiger partial charge is 0.0654 e. The van der Waals surface area contributed by atoms with Crippen LogP contribution >= 0.6 is 0 Å². The van der Waals surface area contributed by atoms with Gasteiger partial charge in [-0.25, -0.2) is 0 Å². The summed E-state index contributed by atoms with van der Waals surface area (Å²) >= 11 is 0. The van der Waals surface area contributed by atoms with Gasteiger partial charge in [-0.15, -0.1) is 0 Å². The van der Waals surface area contributed by atoms with Crippen LogP contribution in [0.4, 0.5) is 0 Å². The molecule has 2 aliphatic rings. The average molecular weight is 220 g/mol. The molecule has 1 N–H and O–H groups in total. The predicted octanol–water partition coefficient (Wildman–Crippen LogP) is 3.70. The van der Waals surface area contributed by atoms with Crippen LogP contribution in [0.2, 0.25) is 0 Å². The Morgan fingerprint density at radius 2 is 2.12 bits per heavy atom. The first-order valence-corrected chi connectivity index (χ1v) is 6.45. The molecule has 0 aromatic carbocycles. The minimum atomic E-state index is -0.595. The van der Waals surface area contributed by atoms with E-state index in [2.05, 4.69) is 32.1 Å². The lowest BCUT2D eigenvalue weighted by atomic mass is 9.59. The van der Waals surface area contributed by atoms with Crippen molar-refractivity contribution >= 4 is 0 Å². The van der Waals surface area contributed by atoms with E-state index in [1.807, 2.05) is 13.8 Å². The summed E-state index contributed by atoms with van der Waals surface area (Å²) in [5.41, 5.74) is 1.17. The first kappa shape index (κ1) is 11.9. The van der Waals surface area contributed by atoms with Crippen LogP contribution in [0, 0.1) is 17.3 Å². The number of allylic oxidation sites excluding steroid dienone is 3. The van der Waals surface area contributed by atoms with Gasteiger partial charge in [0, 0.05) is 5.92 Å². The molecular formula is C15H24O. The van der Waals surface area contributed by atoms with Crippen molar-refractivity contribution in [1.82, 2.24) is 0 Å². The Morgan fingerprint density at radius 1 is 1.44 bits per heavy atom. The van der Waals surface area contributed by atoms with Crippen LogP contribution in [0.5, 0.6) is 0 Å². The summed E-state index contributed by atoms with van der Waals surface area (Å²) < 4.78 is 0. The Hall–Kier alpha value is -0.560. The third-order valence-corrected chi connectivity index (χ3v) is 4.77. The largest absolute Gasteiger partial charge is 0.390 e. The van der Waals surface area contributed by atoms with Gasteiger partial charge in [0.05, 0.1) is 5.60 Å². The van der Waals surface area contributed by atoms with Gasteiger partial charge in [-0.1, -0.05) is 32.1 Å². The normalized spacial score (nSPS) is 39.2. The molecule has 2 aliphatic carbocycles. The molecule has 1 nitrogen and oxygen atoms in total. The van der Waals surface area contributed by atoms with E-state index in [0.717, 1.165) is 12.3 Å². The standard InChI is InChI=1S/C15H24O/c1-11-6-5-7-12-8-9-13(14(2,3)16)10-15(11,12)4/h7-9,11,13,16H,5-6,10H2,1-4H3/t11-,13-,15+/m0/s1. The van der Waals surface area contributed by atoms with E-state index in [4.69, 9.17) is 0 Å². The zero-order chi connectivity index (χ0) is 12.0. The first-order chi connectivity index (χ1) is 7.34. The maximum absolute atomic E-state index is 10.2. The number of hydrogen-bond donors (Lipinski definition) is 1. The Labute approximate surface area is 99.3 Å². The predicted molar refractivity (Wildman–Crippen MR) is 68.1 cm³/mol. The van der Waals surface area contributed by atoms with Crippen LogP contribution in [-0.4, -0.2) is 10.7 Å². The van der Waals surface area contributed by atoms with E-state index in [1.54, 1.807) is 0 Å². The van der Waals surface area contributed by atoms with Crippen LogP contribution in [0.25, 0.3) is 0 Å². The molecular weight excluding hydrogens is 196 g/mol. The number of fused-ring (bicyclic) bond motifs is 1. The van der Waals surface area contributed by atoms with E-state index in [0.29, 0.717) is 0 Å². The second-order valence-corrected chi connectivity index (χ2v) is 6.38. The average Bonchev–Trinajstić information content (AvgIpc) is 2.17. The van der Waals surface area contributed by atoms with Crippen molar-refractivity contribution < 1.29 is 5.11 Å². The van der Waals surface area contributed by atoms with Gasteiger partial charge < -0.3 is 5.11 Å². The van der Waals surface area contributed by atoms with E-state index in [9.17, 15) is 5.11 Å². The zero-order valence-corrected chi connectivity index (χ0v) is 11.0.